The topological polar surface area (TPSA) is 66.5 Å². The Kier molecular flexibility index (Phi) is 6.64. The quantitative estimate of drug-likeness (QED) is 0.804. The molecule has 0 aliphatic carbocycles. The van der Waals surface area contributed by atoms with Crippen molar-refractivity contribution in [2.24, 2.45) is 0 Å². The van der Waals surface area contributed by atoms with E-state index in [4.69, 9.17) is 0 Å². The second-order valence-electron chi connectivity index (χ2n) is 5.84. The van der Waals surface area contributed by atoms with Crippen LogP contribution < -0.4 is 5.32 Å². The van der Waals surface area contributed by atoms with Crippen molar-refractivity contribution >= 4 is 33.4 Å². The average molecular weight is 379 g/mol. The molecule has 0 atom stereocenters. The van der Waals surface area contributed by atoms with Gasteiger partial charge >= 0.3 is 0 Å². The van der Waals surface area contributed by atoms with E-state index in [9.17, 15) is 13.2 Å². The third kappa shape index (κ3) is 5.59. The second kappa shape index (κ2) is 8.51. The first kappa shape index (κ1) is 19.5. The Morgan fingerprint density at radius 3 is 2.44 bits per heavy atom. The number of carbonyl (C=O) groups excluding carboxylic acids is 1. The number of sulfonamides is 1. The van der Waals surface area contributed by atoms with Gasteiger partial charge in [-0.25, -0.2) is 12.7 Å². The monoisotopic (exact) mass is 378 g/mol. The molecule has 7 heteroatoms. The number of hydrogen-bond donors (Lipinski definition) is 1. The molecule has 0 aliphatic rings. The summed E-state index contributed by atoms with van der Waals surface area (Å²) in [6.45, 7) is 2.04. The lowest BCUT2D eigenvalue weighted by Gasteiger charge is -2.12. The van der Waals surface area contributed by atoms with Gasteiger partial charge in [0.2, 0.25) is 15.9 Å². The summed E-state index contributed by atoms with van der Waals surface area (Å²) < 4.78 is 25.4. The molecule has 0 unspecified atom stereocenters. The van der Waals surface area contributed by atoms with Gasteiger partial charge in [-0.2, -0.15) is 0 Å². The van der Waals surface area contributed by atoms with Crippen molar-refractivity contribution in [3.05, 3.63) is 59.7 Å². The van der Waals surface area contributed by atoms with Gasteiger partial charge in [-0.3, -0.25) is 4.79 Å². The van der Waals surface area contributed by atoms with Crippen molar-refractivity contribution < 1.29 is 13.2 Å². The standard InChI is InChI=1S/C18H22N2O3S2/c1-14-7-9-15(10-8-14)12-24-13-18(21)19-16-5-4-6-17(11-16)25(22,23)20(2)3/h4-11H,12-13H2,1-3H3,(H,19,21). The van der Waals surface area contributed by atoms with Crippen molar-refractivity contribution in [1.82, 2.24) is 4.31 Å². The van der Waals surface area contributed by atoms with E-state index in [1.54, 1.807) is 12.1 Å². The molecule has 0 bridgehead atoms. The minimum absolute atomic E-state index is 0.155. The molecule has 1 N–H and O–H groups in total. The van der Waals surface area contributed by atoms with E-state index in [1.807, 2.05) is 19.1 Å². The molecule has 0 aliphatic heterocycles. The van der Waals surface area contributed by atoms with Crippen LogP contribution in [0.25, 0.3) is 0 Å². The molecule has 0 spiro atoms. The second-order valence-corrected chi connectivity index (χ2v) is 8.98. The first-order valence-corrected chi connectivity index (χ1v) is 10.3. The van der Waals surface area contributed by atoms with Gasteiger partial charge < -0.3 is 5.32 Å². The SMILES string of the molecule is Cc1ccc(CSCC(=O)Nc2cccc(S(=O)(=O)N(C)C)c2)cc1. The van der Waals surface area contributed by atoms with E-state index in [0.29, 0.717) is 11.4 Å². The highest BCUT2D eigenvalue weighted by Crippen LogP contribution is 2.19. The number of amides is 1. The Hall–Kier alpha value is -1.83. The third-order valence-electron chi connectivity index (χ3n) is 3.52. The average Bonchev–Trinajstić information content (AvgIpc) is 2.56. The molecule has 0 saturated carbocycles. The summed E-state index contributed by atoms with van der Waals surface area (Å²) in [5.41, 5.74) is 2.85. The van der Waals surface area contributed by atoms with E-state index in [2.05, 4.69) is 17.4 Å². The van der Waals surface area contributed by atoms with E-state index >= 15 is 0 Å². The summed E-state index contributed by atoms with van der Waals surface area (Å²) >= 11 is 1.52. The fourth-order valence-electron chi connectivity index (χ4n) is 2.09. The predicted molar refractivity (Wildman–Crippen MR) is 103 cm³/mol. The lowest BCUT2D eigenvalue weighted by Crippen LogP contribution is -2.22. The lowest BCUT2D eigenvalue weighted by molar-refractivity contribution is -0.113. The molecule has 134 valence electrons. The van der Waals surface area contributed by atoms with Gasteiger partial charge in [0.15, 0.2) is 0 Å². The molecule has 25 heavy (non-hydrogen) atoms. The summed E-state index contributed by atoms with van der Waals surface area (Å²) in [5.74, 6) is 0.901. The Balaban J connectivity index is 1.91. The Morgan fingerprint density at radius 2 is 1.80 bits per heavy atom. The first-order valence-electron chi connectivity index (χ1n) is 7.75. The van der Waals surface area contributed by atoms with Gasteiger partial charge in [-0.1, -0.05) is 35.9 Å². The van der Waals surface area contributed by atoms with E-state index in [-0.39, 0.29) is 10.8 Å². The molecule has 2 rings (SSSR count). The van der Waals surface area contributed by atoms with Crippen LogP contribution >= 0.6 is 11.8 Å². The highest BCUT2D eigenvalue weighted by Gasteiger charge is 2.17. The van der Waals surface area contributed by atoms with Crippen molar-refractivity contribution in [3.63, 3.8) is 0 Å². The third-order valence-corrected chi connectivity index (χ3v) is 6.33. The van der Waals surface area contributed by atoms with Crippen LogP contribution in [0.5, 0.6) is 0 Å². The minimum atomic E-state index is -3.51. The molecule has 0 aromatic heterocycles. The van der Waals surface area contributed by atoms with Gasteiger partial charge in [-0.15, -0.1) is 11.8 Å². The number of thioether (sulfide) groups is 1. The largest absolute Gasteiger partial charge is 0.325 e. The number of carbonyl (C=O) groups is 1. The van der Waals surface area contributed by atoms with E-state index in [1.165, 1.54) is 49.1 Å². The smallest absolute Gasteiger partial charge is 0.242 e. The van der Waals surface area contributed by atoms with Crippen molar-refractivity contribution in [2.75, 3.05) is 25.2 Å². The fourth-order valence-corrected chi connectivity index (χ4v) is 3.82. The maximum Gasteiger partial charge on any atom is 0.242 e. The zero-order valence-corrected chi connectivity index (χ0v) is 16.2. The van der Waals surface area contributed by atoms with Crippen LogP contribution in [0.3, 0.4) is 0 Å². The molecule has 0 heterocycles. The highest BCUT2D eigenvalue weighted by molar-refractivity contribution is 7.99. The molecular weight excluding hydrogens is 356 g/mol. The maximum atomic E-state index is 12.1. The van der Waals surface area contributed by atoms with Gasteiger partial charge in [0, 0.05) is 25.5 Å². The van der Waals surface area contributed by atoms with Crippen LogP contribution in [0.15, 0.2) is 53.4 Å². The van der Waals surface area contributed by atoms with E-state index < -0.39 is 10.0 Å². The molecule has 1 amide bonds. The number of aryl methyl sites for hydroxylation is 1. The van der Waals surface area contributed by atoms with Crippen LogP contribution in [0, 0.1) is 6.92 Å². The van der Waals surface area contributed by atoms with Crippen LogP contribution in [0.2, 0.25) is 0 Å². The van der Waals surface area contributed by atoms with Crippen LogP contribution in [-0.2, 0) is 20.6 Å². The number of nitrogens with zero attached hydrogens (tertiary/aromatic N) is 1. The Morgan fingerprint density at radius 1 is 1.12 bits per heavy atom. The Bertz CT molecular complexity index is 832. The summed E-state index contributed by atoms with van der Waals surface area (Å²) in [6, 6.07) is 14.5. The van der Waals surface area contributed by atoms with Crippen molar-refractivity contribution in [3.8, 4) is 0 Å². The zero-order valence-electron chi connectivity index (χ0n) is 14.5. The number of benzene rings is 2. The molecule has 2 aromatic carbocycles. The number of nitrogens with one attached hydrogen (secondary N) is 1. The van der Waals surface area contributed by atoms with Gasteiger partial charge in [0.1, 0.15) is 0 Å². The molecule has 0 fully saturated rings. The van der Waals surface area contributed by atoms with Gasteiger partial charge in [0.25, 0.3) is 0 Å². The molecular formula is C18H22N2O3S2. The minimum Gasteiger partial charge on any atom is -0.325 e. The summed E-state index contributed by atoms with van der Waals surface area (Å²) in [6.07, 6.45) is 0. The van der Waals surface area contributed by atoms with E-state index in [0.717, 1.165) is 10.1 Å². The first-order chi connectivity index (χ1) is 11.8. The number of rotatable bonds is 7. The number of hydrogen-bond acceptors (Lipinski definition) is 4. The Labute approximate surface area is 153 Å². The summed E-state index contributed by atoms with van der Waals surface area (Å²) in [5, 5.41) is 2.75. The number of anilines is 1. The van der Waals surface area contributed by atoms with Gasteiger partial charge in [-0.05, 0) is 30.7 Å². The molecule has 0 radical (unpaired) electrons. The summed E-state index contributed by atoms with van der Waals surface area (Å²) in [7, 11) is -0.566. The summed E-state index contributed by atoms with van der Waals surface area (Å²) in [4.78, 5) is 12.2. The molecule has 0 saturated heterocycles. The van der Waals surface area contributed by atoms with Crippen LogP contribution in [0.4, 0.5) is 5.69 Å². The van der Waals surface area contributed by atoms with Crippen molar-refractivity contribution in [2.45, 2.75) is 17.6 Å². The predicted octanol–water partition coefficient (Wildman–Crippen LogP) is 3.12. The van der Waals surface area contributed by atoms with Crippen molar-refractivity contribution in [1.29, 1.82) is 0 Å². The van der Waals surface area contributed by atoms with Crippen LogP contribution in [-0.4, -0.2) is 38.5 Å². The van der Waals surface area contributed by atoms with Gasteiger partial charge in [0.05, 0.1) is 10.6 Å². The normalized spacial score (nSPS) is 11.5. The molecule has 2 aromatic rings. The lowest BCUT2D eigenvalue weighted by atomic mass is 10.2. The van der Waals surface area contributed by atoms with Crippen LogP contribution in [0.1, 0.15) is 11.1 Å². The molecule has 5 nitrogen and oxygen atoms in total. The fraction of sp³-hybridized carbons (Fsp3) is 0.278. The highest BCUT2D eigenvalue weighted by atomic mass is 32.2. The zero-order chi connectivity index (χ0) is 18.4. The maximum absolute atomic E-state index is 12.1.